The maximum Gasteiger partial charge on any atom is 0.305 e. The van der Waals surface area contributed by atoms with Crippen molar-refractivity contribution in [2.75, 3.05) is 32.8 Å². The van der Waals surface area contributed by atoms with Crippen LogP contribution in [-0.4, -0.2) is 59.2 Å². The van der Waals surface area contributed by atoms with Crippen molar-refractivity contribution in [2.45, 2.75) is 285 Å². The molecule has 1 rings (SSSR count). The predicted molar refractivity (Wildman–Crippen MR) is 270 cm³/mol. The summed E-state index contributed by atoms with van der Waals surface area (Å²) < 4.78 is 13.9. The molecule has 2 atom stereocenters. The third-order valence-corrected chi connectivity index (χ3v) is 13.5. The van der Waals surface area contributed by atoms with Crippen LogP contribution in [0.4, 0.5) is 0 Å². The van der Waals surface area contributed by atoms with Crippen molar-refractivity contribution in [2.24, 2.45) is 11.8 Å². The van der Waals surface area contributed by atoms with E-state index < -0.39 is 0 Å². The highest BCUT2D eigenvalue weighted by molar-refractivity contribution is 5.69. The molecule has 0 saturated heterocycles. The van der Waals surface area contributed by atoms with Gasteiger partial charge >= 0.3 is 11.9 Å². The Hall–Kier alpha value is -1.89. The molecule has 1 heterocycles. The Morgan fingerprint density at radius 2 is 0.778 bits per heavy atom. The standard InChI is InChI=1S/C56H107N3O4/c1-5-9-13-17-19-20-24-32-41-54(39-30-16-12-8-4)51-63-56(61)43-34-26-22-28-36-46-58(47-37-48-59-49-44-57-52-59)45-35-27-21-25-33-42-55(60)62-50-53(38-29-15-11-7-3)40-31-23-18-14-10-6-2/h44,49,52-54H,5-43,45-48,50-51H2,1-4H3. The van der Waals surface area contributed by atoms with E-state index in [2.05, 4.69) is 48.3 Å². The lowest BCUT2D eigenvalue weighted by Crippen LogP contribution is -2.28. The molecule has 0 aliphatic carbocycles. The molecule has 0 bridgehead atoms. The normalized spacial score (nSPS) is 12.6. The Bertz CT molecular complexity index is 1080. The number of hydrogen-bond donors (Lipinski definition) is 0. The molecular formula is C56H107N3O4. The summed E-state index contributed by atoms with van der Waals surface area (Å²) in [7, 11) is 0. The molecule has 7 heteroatoms. The van der Waals surface area contributed by atoms with Crippen LogP contribution in [0, 0.1) is 11.8 Å². The van der Waals surface area contributed by atoms with Crippen molar-refractivity contribution in [3.8, 4) is 0 Å². The fraction of sp³-hybridized carbons (Fsp3) is 0.911. The van der Waals surface area contributed by atoms with Gasteiger partial charge in [-0.25, -0.2) is 4.98 Å². The van der Waals surface area contributed by atoms with E-state index in [1.807, 2.05) is 12.5 Å². The first kappa shape index (κ1) is 59.1. The Morgan fingerprint density at radius 3 is 1.16 bits per heavy atom. The number of esters is 2. The summed E-state index contributed by atoms with van der Waals surface area (Å²) in [6, 6.07) is 0. The number of carbonyl (C=O) groups excluding carboxylic acids is 2. The largest absolute Gasteiger partial charge is 0.465 e. The van der Waals surface area contributed by atoms with E-state index in [0.29, 0.717) is 37.9 Å². The molecule has 1 aromatic rings. The van der Waals surface area contributed by atoms with E-state index in [4.69, 9.17) is 9.47 Å². The van der Waals surface area contributed by atoms with Crippen LogP contribution in [0.3, 0.4) is 0 Å². The summed E-state index contributed by atoms with van der Waals surface area (Å²) in [6.45, 7) is 14.8. The van der Waals surface area contributed by atoms with Gasteiger partial charge in [0.25, 0.3) is 0 Å². The van der Waals surface area contributed by atoms with Crippen molar-refractivity contribution in [1.82, 2.24) is 14.5 Å². The number of unbranched alkanes of at least 4 members (excludes halogenated alkanes) is 26. The van der Waals surface area contributed by atoms with Crippen LogP contribution in [0.1, 0.15) is 278 Å². The van der Waals surface area contributed by atoms with E-state index in [1.54, 1.807) is 0 Å². The zero-order valence-electron chi connectivity index (χ0n) is 42.7. The van der Waals surface area contributed by atoms with Gasteiger partial charge in [-0.1, -0.05) is 207 Å². The molecular weight excluding hydrogens is 779 g/mol. The molecule has 0 spiro atoms. The number of aryl methyl sites for hydroxylation is 1. The lowest BCUT2D eigenvalue weighted by atomic mass is 9.95. The zero-order chi connectivity index (χ0) is 45.5. The number of aromatic nitrogens is 2. The highest BCUT2D eigenvalue weighted by Crippen LogP contribution is 2.22. The molecule has 7 nitrogen and oxygen atoms in total. The molecule has 0 saturated carbocycles. The minimum absolute atomic E-state index is 0.0155. The number of hydrogen-bond acceptors (Lipinski definition) is 6. The molecule has 0 fully saturated rings. The van der Waals surface area contributed by atoms with Gasteiger partial charge in [0.15, 0.2) is 0 Å². The topological polar surface area (TPSA) is 73.7 Å². The fourth-order valence-electron chi connectivity index (χ4n) is 9.19. The lowest BCUT2D eigenvalue weighted by molar-refractivity contribution is -0.146. The van der Waals surface area contributed by atoms with Crippen molar-refractivity contribution < 1.29 is 19.1 Å². The smallest absolute Gasteiger partial charge is 0.305 e. The molecule has 0 aromatic carbocycles. The highest BCUT2D eigenvalue weighted by Gasteiger charge is 2.14. The first-order valence-electron chi connectivity index (χ1n) is 28.0. The van der Waals surface area contributed by atoms with E-state index >= 15 is 0 Å². The summed E-state index contributed by atoms with van der Waals surface area (Å²) in [5.74, 6) is 1.11. The molecule has 2 unspecified atom stereocenters. The second-order valence-electron chi connectivity index (χ2n) is 19.6. The maximum absolute atomic E-state index is 12.7. The predicted octanol–water partition coefficient (Wildman–Crippen LogP) is 16.8. The monoisotopic (exact) mass is 886 g/mol. The van der Waals surface area contributed by atoms with E-state index in [9.17, 15) is 9.59 Å². The number of carbonyl (C=O) groups is 2. The molecule has 1 aromatic heterocycles. The number of imidazole rings is 1. The Morgan fingerprint density at radius 1 is 0.444 bits per heavy atom. The number of rotatable bonds is 50. The van der Waals surface area contributed by atoms with Gasteiger partial charge in [0.2, 0.25) is 0 Å². The van der Waals surface area contributed by atoms with Gasteiger partial charge in [0.1, 0.15) is 0 Å². The van der Waals surface area contributed by atoms with Gasteiger partial charge in [-0.2, -0.15) is 0 Å². The van der Waals surface area contributed by atoms with Crippen LogP contribution >= 0.6 is 0 Å². The van der Waals surface area contributed by atoms with Gasteiger partial charge in [-0.05, 0) is 89.3 Å². The van der Waals surface area contributed by atoms with E-state index in [0.717, 1.165) is 58.3 Å². The van der Waals surface area contributed by atoms with Crippen molar-refractivity contribution in [3.05, 3.63) is 18.7 Å². The Labute approximate surface area is 392 Å². The molecule has 0 radical (unpaired) electrons. The van der Waals surface area contributed by atoms with Crippen LogP contribution in [0.5, 0.6) is 0 Å². The fourth-order valence-corrected chi connectivity index (χ4v) is 9.19. The summed E-state index contributed by atoms with van der Waals surface area (Å²) in [5.41, 5.74) is 0. The summed E-state index contributed by atoms with van der Waals surface area (Å²) in [6.07, 6.45) is 53.5. The van der Waals surface area contributed by atoms with Crippen molar-refractivity contribution in [1.29, 1.82) is 0 Å². The first-order chi connectivity index (χ1) is 31.0. The van der Waals surface area contributed by atoms with Crippen LogP contribution in [0.2, 0.25) is 0 Å². The quantitative estimate of drug-likeness (QED) is 0.0479. The van der Waals surface area contributed by atoms with Crippen molar-refractivity contribution >= 4 is 11.9 Å². The van der Waals surface area contributed by atoms with Crippen LogP contribution in [-0.2, 0) is 25.6 Å². The second-order valence-corrected chi connectivity index (χ2v) is 19.6. The average Bonchev–Trinajstić information content (AvgIpc) is 3.81. The van der Waals surface area contributed by atoms with Gasteiger partial charge in [-0.15, -0.1) is 0 Å². The van der Waals surface area contributed by atoms with Gasteiger partial charge in [0.05, 0.1) is 19.5 Å². The van der Waals surface area contributed by atoms with Gasteiger partial charge in [0, 0.05) is 31.8 Å². The van der Waals surface area contributed by atoms with Gasteiger partial charge < -0.3 is 18.9 Å². The summed E-state index contributed by atoms with van der Waals surface area (Å²) in [4.78, 5) is 32.2. The molecule has 0 aliphatic rings. The number of nitrogens with zero attached hydrogens (tertiary/aromatic N) is 3. The Kier molecular flexibility index (Phi) is 43.8. The molecule has 63 heavy (non-hydrogen) atoms. The van der Waals surface area contributed by atoms with Crippen molar-refractivity contribution in [3.63, 3.8) is 0 Å². The molecule has 0 amide bonds. The molecule has 0 N–H and O–H groups in total. The summed E-state index contributed by atoms with van der Waals surface area (Å²) in [5, 5.41) is 0. The minimum atomic E-state index is 0.0155. The zero-order valence-corrected chi connectivity index (χ0v) is 42.7. The third kappa shape index (κ3) is 40.1. The highest BCUT2D eigenvalue weighted by atomic mass is 16.5. The molecule has 370 valence electrons. The van der Waals surface area contributed by atoms with Crippen LogP contribution < -0.4 is 0 Å². The Balaban J connectivity index is 2.30. The number of ether oxygens (including phenoxy) is 2. The third-order valence-electron chi connectivity index (χ3n) is 13.5. The van der Waals surface area contributed by atoms with Crippen LogP contribution in [0.25, 0.3) is 0 Å². The SMILES string of the molecule is CCCCCCCCCCC(CCCCCC)COC(=O)CCCCCCCN(CCCCCCCC(=O)OCC(CCCCCC)CCCCCCCC)CCCn1ccnc1. The summed E-state index contributed by atoms with van der Waals surface area (Å²) >= 11 is 0. The van der Waals surface area contributed by atoms with E-state index in [-0.39, 0.29) is 11.9 Å². The van der Waals surface area contributed by atoms with E-state index in [1.165, 1.54) is 205 Å². The maximum atomic E-state index is 12.7. The minimum Gasteiger partial charge on any atom is -0.465 e. The molecule has 0 aliphatic heterocycles. The average molecular weight is 886 g/mol. The second kappa shape index (κ2) is 46.6. The lowest BCUT2D eigenvalue weighted by Gasteiger charge is -2.22. The van der Waals surface area contributed by atoms with Gasteiger partial charge in [-0.3, -0.25) is 9.59 Å². The first-order valence-corrected chi connectivity index (χ1v) is 28.0. The van der Waals surface area contributed by atoms with Crippen LogP contribution in [0.15, 0.2) is 18.7 Å².